The highest BCUT2D eigenvalue weighted by Gasteiger charge is 2.11. The van der Waals surface area contributed by atoms with E-state index >= 15 is 0 Å². The molecule has 0 fully saturated rings. The van der Waals surface area contributed by atoms with Gasteiger partial charge in [0.05, 0.1) is 33.1 Å². The second-order valence-electron chi connectivity index (χ2n) is 4.20. The number of rotatable bonds is 3. The minimum atomic E-state index is 0.461. The van der Waals surface area contributed by atoms with Crippen LogP contribution in [0.2, 0.25) is 10.0 Å². The van der Waals surface area contributed by atoms with Gasteiger partial charge in [-0.3, -0.25) is 0 Å². The van der Waals surface area contributed by atoms with Gasteiger partial charge in [0.2, 0.25) is 0 Å². The molecule has 0 aliphatic carbocycles. The molecule has 1 N–H and O–H groups in total. The molecule has 0 unspecified atom stereocenters. The first-order chi connectivity index (χ1) is 10.1. The third-order valence-electron chi connectivity index (χ3n) is 2.87. The van der Waals surface area contributed by atoms with Gasteiger partial charge in [-0.05, 0) is 46.3 Å². The number of nitrogens with zero attached hydrogens (tertiary/aromatic N) is 1. The number of ether oxygens (including phenoxy) is 1. The van der Waals surface area contributed by atoms with Crippen molar-refractivity contribution < 1.29 is 4.74 Å². The summed E-state index contributed by atoms with van der Waals surface area (Å²) < 4.78 is 7.01. The highest BCUT2D eigenvalue weighted by Crippen LogP contribution is 2.38. The smallest absolute Gasteiger partial charge is 0.188 e. The van der Waals surface area contributed by atoms with Crippen LogP contribution in [-0.2, 0) is 0 Å². The zero-order valence-electron chi connectivity index (χ0n) is 10.8. The van der Waals surface area contributed by atoms with Crippen molar-refractivity contribution in [1.29, 1.82) is 0 Å². The molecule has 3 nitrogen and oxygen atoms in total. The lowest BCUT2D eigenvalue weighted by molar-refractivity contribution is 0.415. The zero-order chi connectivity index (χ0) is 15.0. The van der Waals surface area contributed by atoms with Crippen molar-refractivity contribution in [1.82, 2.24) is 4.98 Å². The topological polar surface area (TPSA) is 34.1 Å². The number of nitrogens with one attached hydrogen (secondary N) is 1. The first-order valence-electron chi connectivity index (χ1n) is 5.93. The zero-order valence-corrected chi connectivity index (χ0v) is 14.7. The summed E-state index contributed by atoms with van der Waals surface area (Å²) in [6.07, 6.45) is 0. The third-order valence-corrected chi connectivity index (χ3v) is 5.58. The number of thiazole rings is 1. The SMILES string of the molecule is COc1ccc2nc(Nc3ccc(Br)c(Cl)c3Cl)sc2c1. The summed E-state index contributed by atoms with van der Waals surface area (Å²) in [5.74, 6) is 0.808. The molecule has 0 aliphatic rings. The van der Waals surface area contributed by atoms with Gasteiger partial charge in [-0.1, -0.05) is 34.5 Å². The van der Waals surface area contributed by atoms with E-state index in [9.17, 15) is 0 Å². The fourth-order valence-electron chi connectivity index (χ4n) is 1.82. The molecule has 21 heavy (non-hydrogen) atoms. The molecule has 0 saturated carbocycles. The summed E-state index contributed by atoms with van der Waals surface area (Å²) >= 11 is 17.2. The van der Waals surface area contributed by atoms with Crippen LogP contribution < -0.4 is 10.1 Å². The van der Waals surface area contributed by atoms with Crippen molar-refractivity contribution >= 4 is 71.5 Å². The molecular formula is C14H9BrCl2N2OS. The van der Waals surface area contributed by atoms with Crippen molar-refractivity contribution in [3.05, 3.63) is 44.8 Å². The second kappa shape index (κ2) is 6.01. The summed E-state index contributed by atoms with van der Waals surface area (Å²) in [5, 5.41) is 4.88. The molecule has 108 valence electrons. The van der Waals surface area contributed by atoms with E-state index in [4.69, 9.17) is 27.9 Å². The Labute approximate surface area is 144 Å². The van der Waals surface area contributed by atoms with Crippen LogP contribution >= 0.6 is 50.5 Å². The van der Waals surface area contributed by atoms with Crippen LogP contribution in [0.1, 0.15) is 0 Å². The number of hydrogen-bond donors (Lipinski definition) is 1. The lowest BCUT2D eigenvalue weighted by atomic mass is 10.3. The minimum absolute atomic E-state index is 0.461. The number of anilines is 2. The molecule has 0 spiro atoms. The average Bonchev–Trinajstić information content (AvgIpc) is 2.89. The number of hydrogen-bond acceptors (Lipinski definition) is 4. The van der Waals surface area contributed by atoms with Crippen LogP contribution in [-0.4, -0.2) is 12.1 Å². The highest BCUT2D eigenvalue weighted by atomic mass is 79.9. The fraction of sp³-hybridized carbons (Fsp3) is 0.0714. The average molecular weight is 404 g/mol. The molecule has 3 rings (SSSR count). The van der Waals surface area contributed by atoms with Crippen molar-refractivity contribution in [2.75, 3.05) is 12.4 Å². The molecule has 0 bridgehead atoms. The monoisotopic (exact) mass is 402 g/mol. The maximum absolute atomic E-state index is 6.23. The Morgan fingerprint density at radius 1 is 1.19 bits per heavy atom. The maximum Gasteiger partial charge on any atom is 0.188 e. The van der Waals surface area contributed by atoms with Gasteiger partial charge in [-0.15, -0.1) is 0 Å². The van der Waals surface area contributed by atoms with Crippen molar-refractivity contribution in [3.8, 4) is 5.75 Å². The molecule has 0 radical (unpaired) electrons. The van der Waals surface area contributed by atoms with Crippen LogP contribution in [0, 0.1) is 0 Å². The molecule has 0 aliphatic heterocycles. The summed E-state index contributed by atoms with van der Waals surface area (Å²) in [5.41, 5.74) is 1.62. The molecule has 0 amide bonds. The van der Waals surface area contributed by atoms with Gasteiger partial charge in [-0.25, -0.2) is 4.98 Å². The first kappa shape index (κ1) is 14.9. The van der Waals surface area contributed by atoms with Gasteiger partial charge < -0.3 is 10.1 Å². The molecule has 7 heteroatoms. The quantitative estimate of drug-likeness (QED) is 0.535. The molecule has 2 aromatic carbocycles. The minimum Gasteiger partial charge on any atom is -0.497 e. The molecular weight excluding hydrogens is 395 g/mol. The lowest BCUT2D eigenvalue weighted by Crippen LogP contribution is -1.90. The van der Waals surface area contributed by atoms with Crippen LogP contribution in [0.3, 0.4) is 0 Å². The highest BCUT2D eigenvalue weighted by molar-refractivity contribution is 9.10. The number of aromatic nitrogens is 1. The Hall–Kier alpha value is -1.01. The fourth-order valence-corrected chi connectivity index (χ4v) is 3.55. The summed E-state index contributed by atoms with van der Waals surface area (Å²) in [7, 11) is 1.64. The van der Waals surface area contributed by atoms with Gasteiger partial charge in [-0.2, -0.15) is 0 Å². The van der Waals surface area contributed by atoms with Crippen molar-refractivity contribution in [2.45, 2.75) is 0 Å². The van der Waals surface area contributed by atoms with E-state index in [2.05, 4.69) is 26.2 Å². The van der Waals surface area contributed by atoms with E-state index in [0.29, 0.717) is 10.0 Å². The van der Waals surface area contributed by atoms with Gasteiger partial charge in [0.15, 0.2) is 5.13 Å². The summed E-state index contributed by atoms with van der Waals surface area (Å²) in [6, 6.07) is 9.45. The predicted octanol–water partition coefficient (Wildman–Crippen LogP) is 6.12. The number of methoxy groups -OCH3 is 1. The van der Waals surface area contributed by atoms with E-state index in [1.54, 1.807) is 7.11 Å². The van der Waals surface area contributed by atoms with E-state index in [0.717, 1.165) is 31.3 Å². The van der Waals surface area contributed by atoms with Crippen molar-refractivity contribution in [3.63, 3.8) is 0 Å². The van der Waals surface area contributed by atoms with Gasteiger partial charge in [0.1, 0.15) is 5.75 Å². The van der Waals surface area contributed by atoms with Gasteiger partial charge in [0, 0.05) is 4.47 Å². The predicted molar refractivity (Wildman–Crippen MR) is 93.6 cm³/mol. The maximum atomic E-state index is 6.23. The molecule has 0 saturated heterocycles. The molecule has 0 atom stereocenters. The second-order valence-corrected chi connectivity index (χ2v) is 6.84. The van der Waals surface area contributed by atoms with Crippen LogP contribution in [0.4, 0.5) is 10.8 Å². The summed E-state index contributed by atoms with van der Waals surface area (Å²) in [6.45, 7) is 0. The number of fused-ring (bicyclic) bond motifs is 1. The Morgan fingerprint density at radius 2 is 2.00 bits per heavy atom. The van der Waals surface area contributed by atoms with E-state index < -0.39 is 0 Å². The Bertz CT molecular complexity index is 822. The van der Waals surface area contributed by atoms with Crippen molar-refractivity contribution in [2.24, 2.45) is 0 Å². The molecule has 1 aromatic heterocycles. The number of halogens is 3. The number of benzene rings is 2. The normalized spacial score (nSPS) is 10.9. The van der Waals surface area contributed by atoms with Gasteiger partial charge >= 0.3 is 0 Å². The third kappa shape index (κ3) is 2.97. The lowest BCUT2D eigenvalue weighted by Gasteiger charge is -2.07. The molecule has 3 aromatic rings. The van der Waals surface area contributed by atoms with E-state index in [-0.39, 0.29) is 0 Å². The Kier molecular flexibility index (Phi) is 4.26. The summed E-state index contributed by atoms with van der Waals surface area (Å²) in [4.78, 5) is 4.52. The van der Waals surface area contributed by atoms with Crippen LogP contribution in [0.15, 0.2) is 34.8 Å². The largest absolute Gasteiger partial charge is 0.497 e. The Balaban J connectivity index is 1.96. The standard InChI is InChI=1S/C14H9BrCl2N2OS/c1-20-7-2-4-9-11(6-7)21-14(18-9)19-10-5-3-8(15)12(16)13(10)17/h2-6H,1H3,(H,18,19). The Morgan fingerprint density at radius 3 is 2.76 bits per heavy atom. The van der Waals surface area contributed by atoms with Crippen LogP contribution in [0.25, 0.3) is 10.2 Å². The van der Waals surface area contributed by atoms with E-state index in [1.165, 1.54) is 11.3 Å². The van der Waals surface area contributed by atoms with Gasteiger partial charge in [0.25, 0.3) is 0 Å². The first-order valence-corrected chi connectivity index (χ1v) is 8.30. The van der Waals surface area contributed by atoms with Crippen LogP contribution in [0.5, 0.6) is 5.75 Å². The molecule has 1 heterocycles. The van der Waals surface area contributed by atoms with E-state index in [1.807, 2.05) is 30.3 Å².